The quantitative estimate of drug-likeness (QED) is 0.544. The number of halogens is 1. The summed E-state index contributed by atoms with van der Waals surface area (Å²) in [5.74, 6) is 0. The molecule has 2 aromatic carbocycles. The molecule has 0 saturated heterocycles. The number of benzene rings is 2. The molecule has 1 aromatic heterocycles. The van der Waals surface area contributed by atoms with E-state index in [1.807, 2.05) is 44.2 Å². The van der Waals surface area contributed by atoms with Crippen LogP contribution < -0.4 is 5.43 Å². The zero-order chi connectivity index (χ0) is 12.9. The third-order valence-electron chi connectivity index (χ3n) is 3.15. The fourth-order valence-corrected chi connectivity index (χ4v) is 3.71. The maximum atomic E-state index is 12.5. The molecule has 0 saturated carbocycles. The van der Waals surface area contributed by atoms with Crippen molar-refractivity contribution in [3.8, 4) is 0 Å². The van der Waals surface area contributed by atoms with Gasteiger partial charge in [0.1, 0.15) is 0 Å². The first kappa shape index (κ1) is 11.7. The second-order valence-corrected chi connectivity index (χ2v) is 5.89. The summed E-state index contributed by atoms with van der Waals surface area (Å²) in [4.78, 5) is 12.5. The highest BCUT2D eigenvalue weighted by atomic mass is 35.5. The van der Waals surface area contributed by atoms with Gasteiger partial charge in [-0.3, -0.25) is 4.79 Å². The lowest BCUT2D eigenvalue weighted by atomic mass is 10.1. The van der Waals surface area contributed by atoms with E-state index >= 15 is 0 Å². The summed E-state index contributed by atoms with van der Waals surface area (Å²) in [5, 5.41) is 2.00. The van der Waals surface area contributed by atoms with Gasteiger partial charge < -0.3 is 0 Å². The number of rotatable bonds is 0. The fraction of sp³-hybridized carbons (Fsp3) is 0.133. The predicted octanol–water partition coefficient (Wildman–Crippen LogP) is 4.68. The Morgan fingerprint density at radius 1 is 1.11 bits per heavy atom. The Bertz CT molecular complexity index is 833. The zero-order valence-electron chi connectivity index (χ0n) is 10.1. The van der Waals surface area contributed by atoms with Crippen LogP contribution in [0.2, 0.25) is 5.02 Å². The highest BCUT2D eigenvalue weighted by Gasteiger charge is 2.12. The van der Waals surface area contributed by atoms with Crippen molar-refractivity contribution in [1.29, 1.82) is 0 Å². The lowest BCUT2D eigenvalue weighted by molar-refractivity contribution is 1.44. The van der Waals surface area contributed by atoms with Gasteiger partial charge in [-0.15, -0.1) is 11.3 Å². The van der Waals surface area contributed by atoms with E-state index in [1.54, 1.807) is 11.3 Å². The van der Waals surface area contributed by atoms with E-state index in [0.29, 0.717) is 10.4 Å². The standard InChI is InChI=1S/C15H11ClOS/c1-8-7-9(2)15-12(13(8)16)14(17)10-5-3-4-6-11(10)18-15/h3-7H,1-2H3. The molecule has 0 aliphatic carbocycles. The molecule has 0 fully saturated rings. The van der Waals surface area contributed by atoms with Crippen molar-refractivity contribution in [2.24, 2.45) is 0 Å². The molecule has 18 heavy (non-hydrogen) atoms. The van der Waals surface area contributed by atoms with Gasteiger partial charge in [-0.2, -0.15) is 0 Å². The van der Waals surface area contributed by atoms with Crippen LogP contribution in [0.4, 0.5) is 0 Å². The van der Waals surface area contributed by atoms with Crippen LogP contribution in [0.1, 0.15) is 11.1 Å². The molecule has 3 aromatic rings. The van der Waals surface area contributed by atoms with Crippen LogP contribution in [-0.4, -0.2) is 0 Å². The monoisotopic (exact) mass is 274 g/mol. The van der Waals surface area contributed by atoms with E-state index in [1.165, 1.54) is 0 Å². The second kappa shape index (κ2) is 4.08. The van der Waals surface area contributed by atoms with Crippen molar-refractivity contribution < 1.29 is 0 Å². The maximum absolute atomic E-state index is 12.5. The minimum absolute atomic E-state index is 0.0381. The van der Waals surface area contributed by atoms with Gasteiger partial charge in [0.2, 0.25) is 0 Å². The molecular weight excluding hydrogens is 264 g/mol. The van der Waals surface area contributed by atoms with Gasteiger partial charge in [-0.05, 0) is 37.1 Å². The summed E-state index contributed by atoms with van der Waals surface area (Å²) >= 11 is 7.94. The van der Waals surface area contributed by atoms with Crippen LogP contribution in [0, 0.1) is 13.8 Å². The van der Waals surface area contributed by atoms with Gasteiger partial charge in [0.15, 0.2) is 5.43 Å². The van der Waals surface area contributed by atoms with E-state index in [2.05, 4.69) is 0 Å². The minimum Gasteiger partial charge on any atom is -0.288 e. The lowest BCUT2D eigenvalue weighted by Gasteiger charge is -2.08. The Labute approximate surface area is 114 Å². The molecule has 0 unspecified atom stereocenters. The number of fused-ring (bicyclic) bond motifs is 2. The van der Waals surface area contributed by atoms with Crippen molar-refractivity contribution in [1.82, 2.24) is 0 Å². The van der Waals surface area contributed by atoms with Crippen LogP contribution in [0.25, 0.3) is 20.2 Å². The number of hydrogen-bond donors (Lipinski definition) is 0. The van der Waals surface area contributed by atoms with Crippen molar-refractivity contribution in [3.05, 3.63) is 56.7 Å². The van der Waals surface area contributed by atoms with Gasteiger partial charge in [-0.1, -0.05) is 29.8 Å². The summed E-state index contributed by atoms with van der Waals surface area (Å²) < 4.78 is 2.01. The molecule has 0 atom stereocenters. The largest absolute Gasteiger partial charge is 0.288 e. The molecule has 0 aliphatic rings. The highest BCUT2D eigenvalue weighted by Crippen LogP contribution is 2.33. The van der Waals surface area contributed by atoms with Gasteiger partial charge in [0.05, 0.1) is 10.4 Å². The summed E-state index contributed by atoms with van der Waals surface area (Å²) in [7, 11) is 0. The van der Waals surface area contributed by atoms with E-state index in [9.17, 15) is 4.79 Å². The Morgan fingerprint density at radius 2 is 1.83 bits per heavy atom. The van der Waals surface area contributed by atoms with Crippen LogP contribution >= 0.6 is 22.9 Å². The molecule has 0 amide bonds. The molecule has 0 N–H and O–H groups in total. The Hall–Kier alpha value is -1.38. The Morgan fingerprint density at radius 3 is 2.61 bits per heavy atom. The zero-order valence-corrected chi connectivity index (χ0v) is 11.7. The number of aryl methyl sites for hydroxylation is 2. The van der Waals surface area contributed by atoms with Crippen molar-refractivity contribution in [2.75, 3.05) is 0 Å². The van der Waals surface area contributed by atoms with Gasteiger partial charge in [0.25, 0.3) is 0 Å². The molecule has 0 bridgehead atoms. The Kier molecular flexibility index (Phi) is 2.65. The normalized spacial score (nSPS) is 11.3. The first-order valence-corrected chi connectivity index (χ1v) is 6.90. The van der Waals surface area contributed by atoms with Crippen LogP contribution in [0.15, 0.2) is 35.1 Å². The molecule has 3 rings (SSSR count). The Balaban J connectivity index is 2.69. The molecule has 1 nitrogen and oxygen atoms in total. The average Bonchev–Trinajstić information content (AvgIpc) is 2.36. The highest BCUT2D eigenvalue weighted by molar-refractivity contribution is 7.24. The smallest absolute Gasteiger partial charge is 0.197 e. The second-order valence-electron chi connectivity index (χ2n) is 4.46. The molecule has 0 spiro atoms. The van der Waals surface area contributed by atoms with Crippen LogP contribution in [0.3, 0.4) is 0 Å². The average molecular weight is 275 g/mol. The third-order valence-corrected chi connectivity index (χ3v) is 4.95. The molecule has 1 heterocycles. The maximum Gasteiger partial charge on any atom is 0.197 e. The molecular formula is C15H11ClOS. The van der Waals surface area contributed by atoms with E-state index < -0.39 is 0 Å². The minimum atomic E-state index is 0.0381. The molecule has 90 valence electrons. The SMILES string of the molecule is Cc1cc(C)c2sc3ccccc3c(=O)c2c1Cl. The summed E-state index contributed by atoms with van der Waals surface area (Å²) in [6, 6.07) is 9.72. The van der Waals surface area contributed by atoms with Gasteiger partial charge >= 0.3 is 0 Å². The first-order valence-electron chi connectivity index (χ1n) is 5.71. The van der Waals surface area contributed by atoms with E-state index in [4.69, 9.17) is 11.6 Å². The van der Waals surface area contributed by atoms with E-state index in [-0.39, 0.29) is 5.43 Å². The lowest BCUT2D eigenvalue weighted by Crippen LogP contribution is -2.03. The van der Waals surface area contributed by atoms with Crippen molar-refractivity contribution in [3.63, 3.8) is 0 Å². The van der Waals surface area contributed by atoms with Gasteiger partial charge in [0, 0.05) is 14.8 Å². The summed E-state index contributed by atoms with van der Waals surface area (Å²) in [5.41, 5.74) is 2.11. The van der Waals surface area contributed by atoms with Crippen molar-refractivity contribution in [2.45, 2.75) is 13.8 Å². The molecule has 3 heteroatoms. The number of hydrogen-bond acceptors (Lipinski definition) is 2. The fourth-order valence-electron chi connectivity index (χ4n) is 2.27. The van der Waals surface area contributed by atoms with Gasteiger partial charge in [-0.25, -0.2) is 0 Å². The molecule has 0 radical (unpaired) electrons. The predicted molar refractivity (Wildman–Crippen MR) is 80.1 cm³/mol. The van der Waals surface area contributed by atoms with Crippen molar-refractivity contribution >= 4 is 43.1 Å². The first-order chi connectivity index (χ1) is 8.59. The third kappa shape index (κ3) is 1.57. The topological polar surface area (TPSA) is 17.1 Å². The molecule has 0 aliphatic heterocycles. The van der Waals surface area contributed by atoms with Crippen LogP contribution in [0.5, 0.6) is 0 Å². The summed E-state index contributed by atoms with van der Waals surface area (Å²) in [6.07, 6.45) is 0. The van der Waals surface area contributed by atoms with Crippen LogP contribution in [-0.2, 0) is 0 Å². The van der Waals surface area contributed by atoms with E-state index in [0.717, 1.165) is 25.9 Å². The summed E-state index contributed by atoms with van der Waals surface area (Å²) in [6.45, 7) is 3.96.